The molecule has 0 saturated carbocycles. The minimum Gasteiger partial charge on any atom is -0.481 e. The quantitative estimate of drug-likeness (QED) is 0.132. The van der Waals surface area contributed by atoms with Crippen molar-refractivity contribution in [1.29, 1.82) is 0 Å². The Hall–Kier alpha value is -2.87. The molecule has 0 aromatic rings. The van der Waals surface area contributed by atoms with Crippen LogP contribution < -0.4 is 21.7 Å². The fourth-order valence-corrected chi connectivity index (χ4v) is 2.73. The summed E-state index contributed by atoms with van der Waals surface area (Å²) in [5, 5.41) is 33.3. The van der Waals surface area contributed by atoms with Crippen molar-refractivity contribution in [2.24, 2.45) is 5.73 Å². The summed E-state index contributed by atoms with van der Waals surface area (Å²) in [6, 6.07) is -3.70. The van der Waals surface area contributed by atoms with E-state index in [4.69, 9.17) is 15.9 Å². The average molecular weight is 464 g/mol. The Bertz CT molecular complexity index is 674. The fourth-order valence-electron chi connectivity index (χ4n) is 2.26. The van der Waals surface area contributed by atoms with Crippen molar-refractivity contribution in [3.63, 3.8) is 0 Å². The number of nitrogens with two attached hydrogens (primary N) is 1. The third-order valence-corrected chi connectivity index (χ3v) is 4.60. The first-order valence-electron chi connectivity index (χ1n) is 9.26. The van der Waals surface area contributed by atoms with Crippen molar-refractivity contribution in [3.05, 3.63) is 0 Å². The van der Waals surface area contributed by atoms with Crippen molar-refractivity contribution in [1.82, 2.24) is 16.0 Å². The Morgan fingerprint density at radius 2 is 1.42 bits per heavy atom. The minimum absolute atomic E-state index is 0.131. The number of nitrogens with one attached hydrogen (secondary N) is 3. The monoisotopic (exact) mass is 464 g/mol. The average Bonchev–Trinajstić information content (AvgIpc) is 2.69. The number of carboxylic acids is 3. The van der Waals surface area contributed by atoms with Crippen LogP contribution in [0.5, 0.6) is 0 Å². The maximum absolute atomic E-state index is 12.4. The highest BCUT2D eigenvalue weighted by molar-refractivity contribution is 7.98. The van der Waals surface area contributed by atoms with Gasteiger partial charge in [0.2, 0.25) is 17.7 Å². The molecule has 13 nitrogen and oxygen atoms in total. The van der Waals surface area contributed by atoms with Crippen LogP contribution in [0, 0.1) is 0 Å². The predicted molar refractivity (Wildman–Crippen MR) is 109 cm³/mol. The number of aliphatic carboxylic acids is 3. The highest BCUT2D eigenvalue weighted by Gasteiger charge is 2.27. The molecule has 0 fully saturated rings. The molecular formula is C17H28N4O9S. The molecule has 0 rings (SSSR count). The number of thioether (sulfide) groups is 1. The van der Waals surface area contributed by atoms with Crippen LogP contribution in [0.25, 0.3) is 0 Å². The number of hydrogen-bond donors (Lipinski definition) is 7. The summed E-state index contributed by atoms with van der Waals surface area (Å²) < 4.78 is 0. The molecule has 0 aliphatic heterocycles. The molecule has 0 heterocycles. The van der Waals surface area contributed by atoms with Gasteiger partial charge >= 0.3 is 17.9 Å². The van der Waals surface area contributed by atoms with Crippen LogP contribution in [0.3, 0.4) is 0 Å². The van der Waals surface area contributed by atoms with Crippen LogP contribution in [0.4, 0.5) is 0 Å². The van der Waals surface area contributed by atoms with Gasteiger partial charge in [0.15, 0.2) is 0 Å². The molecular weight excluding hydrogens is 436 g/mol. The Morgan fingerprint density at radius 1 is 0.839 bits per heavy atom. The van der Waals surface area contributed by atoms with E-state index in [2.05, 4.69) is 16.0 Å². The van der Waals surface area contributed by atoms with E-state index in [0.29, 0.717) is 5.75 Å². The molecule has 0 aromatic heterocycles. The standard InChI is InChI=1S/C17H28N4O9S/c1-31-7-6-11(17(29)30)21-16(28)10(3-5-14(25)26)20-12(22)8-19-15(27)9(18)2-4-13(23)24/h9-11H,2-8,18H2,1H3,(H,19,27)(H,20,22)(H,21,28)(H,23,24)(H,25,26)(H,29,30). The van der Waals surface area contributed by atoms with Gasteiger partial charge in [0.25, 0.3) is 0 Å². The highest BCUT2D eigenvalue weighted by Crippen LogP contribution is 2.04. The van der Waals surface area contributed by atoms with Crippen LogP contribution in [-0.2, 0) is 28.8 Å². The van der Waals surface area contributed by atoms with Crippen LogP contribution >= 0.6 is 11.8 Å². The van der Waals surface area contributed by atoms with Crippen molar-refractivity contribution in [3.8, 4) is 0 Å². The van der Waals surface area contributed by atoms with Gasteiger partial charge in [-0.3, -0.25) is 24.0 Å². The predicted octanol–water partition coefficient (Wildman–Crippen LogP) is -2.03. The first kappa shape index (κ1) is 28.1. The number of carboxylic acid groups (broad SMARTS) is 3. The Morgan fingerprint density at radius 3 is 1.94 bits per heavy atom. The molecule has 0 aliphatic carbocycles. The first-order chi connectivity index (χ1) is 14.5. The molecule has 176 valence electrons. The zero-order valence-corrected chi connectivity index (χ0v) is 17.8. The molecule has 8 N–H and O–H groups in total. The lowest BCUT2D eigenvalue weighted by atomic mass is 10.1. The van der Waals surface area contributed by atoms with Crippen molar-refractivity contribution in [2.45, 2.75) is 50.2 Å². The van der Waals surface area contributed by atoms with Gasteiger partial charge in [-0.05, 0) is 31.3 Å². The van der Waals surface area contributed by atoms with Crippen molar-refractivity contribution < 1.29 is 44.1 Å². The lowest BCUT2D eigenvalue weighted by Gasteiger charge is -2.21. The van der Waals surface area contributed by atoms with Crippen LogP contribution in [0.1, 0.15) is 32.1 Å². The Labute approximate surface area is 182 Å². The smallest absolute Gasteiger partial charge is 0.326 e. The molecule has 0 spiro atoms. The van der Waals surface area contributed by atoms with Gasteiger partial charge in [0.05, 0.1) is 12.6 Å². The molecule has 3 amide bonds. The Kier molecular flexibility index (Phi) is 13.6. The molecule has 0 saturated heterocycles. The molecule has 0 aliphatic rings. The van der Waals surface area contributed by atoms with E-state index in [1.54, 1.807) is 6.26 Å². The molecule has 14 heteroatoms. The topological polar surface area (TPSA) is 225 Å². The van der Waals surface area contributed by atoms with Gasteiger partial charge in [0, 0.05) is 12.8 Å². The van der Waals surface area contributed by atoms with Gasteiger partial charge < -0.3 is 37.0 Å². The highest BCUT2D eigenvalue weighted by atomic mass is 32.2. The SMILES string of the molecule is CSCCC(NC(=O)C(CCC(=O)O)NC(=O)CNC(=O)C(N)CCC(=O)O)C(=O)O. The van der Waals surface area contributed by atoms with E-state index in [0.717, 1.165) is 0 Å². The van der Waals surface area contributed by atoms with E-state index in [9.17, 15) is 33.9 Å². The second kappa shape index (κ2) is 15.0. The zero-order chi connectivity index (χ0) is 24.0. The van der Waals surface area contributed by atoms with Crippen LogP contribution in [0.15, 0.2) is 0 Å². The maximum atomic E-state index is 12.4. The molecule has 31 heavy (non-hydrogen) atoms. The first-order valence-corrected chi connectivity index (χ1v) is 10.7. The third kappa shape index (κ3) is 13.1. The molecule has 3 unspecified atom stereocenters. The second-order valence-corrected chi connectivity index (χ2v) is 7.48. The van der Waals surface area contributed by atoms with E-state index in [-0.39, 0.29) is 25.7 Å². The largest absolute Gasteiger partial charge is 0.481 e. The Balaban J connectivity index is 4.89. The lowest BCUT2D eigenvalue weighted by molar-refractivity contribution is -0.143. The summed E-state index contributed by atoms with van der Waals surface area (Å²) in [7, 11) is 0. The summed E-state index contributed by atoms with van der Waals surface area (Å²) >= 11 is 1.38. The van der Waals surface area contributed by atoms with E-state index in [1.807, 2.05) is 0 Å². The summed E-state index contributed by atoms with van der Waals surface area (Å²) in [5.41, 5.74) is 5.51. The third-order valence-electron chi connectivity index (χ3n) is 3.95. The minimum atomic E-state index is -1.34. The summed E-state index contributed by atoms with van der Waals surface area (Å²) in [6.45, 7) is -0.592. The fraction of sp³-hybridized carbons (Fsp3) is 0.647. The number of hydrogen-bond acceptors (Lipinski definition) is 8. The lowest BCUT2D eigenvalue weighted by Crippen LogP contribution is -2.54. The van der Waals surface area contributed by atoms with Crippen molar-refractivity contribution in [2.75, 3.05) is 18.6 Å². The molecule has 3 atom stereocenters. The maximum Gasteiger partial charge on any atom is 0.326 e. The molecule has 0 bridgehead atoms. The number of amides is 3. The van der Waals surface area contributed by atoms with Crippen molar-refractivity contribution >= 4 is 47.4 Å². The van der Waals surface area contributed by atoms with Gasteiger partial charge in [-0.25, -0.2) is 4.79 Å². The van der Waals surface area contributed by atoms with Crippen LogP contribution in [0.2, 0.25) is 0 Å². The van der Waals surface area contributed by atoms with Gasteiger partial charge in [-0.15, -0.1) is 0 Å². The number of carbonyl (C=O) groups is 6. The van der Waals surface area contributed by atoms with E-state index >= 15 is 0 Å². The van der Waals surface area contributed by atoms with Gasteiger partial charge in [-0.2, -0.15) is 11.8 Å². The number of carbonyl (C=O) groups excluding carboxylic acids is 3. The van der Waals surface area contributed by atoms with Crippen LogP contribution in [-0.4, -0.2) is 87.6 Å². The van der Waals surface area contributed by atoms with E-state index in [1.165, 1.54) is 11.8 Å². The summed E-state index contributed by atoms with van der Waals surface area (Å²) in [6.07, 6.45) is 0.657. The summed E-state index contributed by atoms with van der Waals surface area (Å²) in [5.74, 6) is -5.64. The molecule has 0 aromatic carbocycles. The second-order valence-electron chi connectivity index (χ2n) is 6.49. The van der Waals surface area contributed by atoms with E-state index < -0.39 is 66.7 Å². The number of rotatable bonds is 16. The zero-order valence-electron chi connectivity index (χ0n) is 17.0. The van der Waals surface area contributed by atoms with Gasteiger partial charge in [0.1, 0.15) is 12.1 Å². The normalized spacial score (nSPS) is 13.4. The molecule has 0 radical (unpaired) electrons. The van der Waals surface area contributed by atoms with Gasteiger partial charge in [-0.1, -0.05) is 0 Å². The summed E-state index contributed by atoms with van der Waals surface area (Å²) in [4.78, 5) is 68.9.